The first-order valence-electron chi connectivity index (χ1n) is 7.95. The van der Waals surface area contributed by atoms with Crippen LogP contribution >= 0.6 is 0 Å². The van der Waals surface area contributed by atoms with E-state index in [1.54, 1.807) is 0 Å². The number of fused-ring (bicyclic) bond motifs is 1. The Morgan fingerprint density at radius 3 is 2.81 bits per heavy atom. The van der Waals surface area contributed by atoms with Gasteiger partial charge in [0, 0.05) is 45.0 Å². The van der Waals surface area contributed by atoms with Crippen LogP contribution in [0.4, 0.5) is 0 Å². The van der Waals surface area contributed by atoms with E-state index in [4.69, 9.17) is 4.74 Å². The van der Waals surface area contributed by atoms with E-state index < -0.39 is 0 Å². The number of hydrogen-bond acceptors (Lipinski definition) is 3. The monoisotopic (exact) mass is 286 g/mol. The molecule has 21 heavy (non-hydrogen) atoms. The lowest BCUT2D eigenvalue weighted by atomic mass is 9.80. The van der Waals surface area contributed by atoms with E-state index in [0.29, 0.717) is 5.41 Å². The third kappa shape index (κ3) is 2.36. The molecule has 1 amide bonds. The molecule has 3 aliphatic rings. The highest BCUT2D eigenvalue weighted by atomic mass is 16.5. The summed E-state index contributed by atoms with van der Waals surface area (Å²) < 4.78 is 5.48. The highest BCUT2D eigenvalue weighted by Crippen LogP contribution is 2.40. The normalized spacial score (nSPS) is 23.5. The third-order valence-electron chi connectivity index (χ3n) is 5.36. The summed E-state index contributed by atoms with van der Waals surface area (Å²) in [6.45, 7) is 5.33. The summed E-state index contributed by atoms with van der Waals surface area (Å²) in [6, 6.07) is 6.17. The molecule has 2 saturated heterocycles. The summed E-state index contributed by atoms with van der Waals surface area (Å²) in [6.07, 6.45) is 3.34. The lowest BCUT2D eigenvalue weighted by molar-refractivity contribution is 0.0191. The molecule has 0 unspecified atom stereocenters. The van der Waals surface area contributed by atoms with Crippen LogP contribution in [-0.4, -0.2) is 37.1 Å². The van der Waals surface area contributed by atoms with Crippen LogP contribution < -0.4 is 5.32 Å². The molecule has 2 fully saturated rings. The van der Waals surface area contributed by atoms with Crippen molar-refractivity contribution in [1.82, 2.24) is 10.2 Å². The molecule has 4 heteroatoms. The number of nitrogens with zero attached hydrogens (tertiary/aromatic N) is 1. The molecule has 0 atom stereocenters. The Labute approximate surface area is 125 Å². The fourth-order valence-corrected chi connectivity index (χ4v) is 3.93. The number of hydrogen-bond donors (Lipinski definition) is 1. The van der Waals surface area contributed by atoms with Gasteiger partial charge >= 0.3 is 0 Å². The smallest absolute Gasteiger partial charge is 0.253 e. The van der Waals surface area contributed by atoms with Crippen LogP contribution in [0.25, 0.3) is 0 Å². The molecule has 4 rings (SSSR count). The second-order valence-corrected chi connectivity index (χ2v) is 6.68. The van der Waals surface area contributed by atoms with Crippen LogP contribution in [0.5, 0.6) is 0 Å². The average molecular weight is 286 g/mol. The zero-order valence-electron chi connectivity index (χ0n) is 12.4. The van der Waals surface area contributed by atoms with Gasteiger partial charge in [-0.3, -0.25) is 4.79 Å². The standard InChI is InChI=1S/C17H22N2O2/c20-16(13-1-2-14-10-18-11-15(14)9-13)19-6-3-17(12-19)4-7-21-8-5-17/h1-2,9,18H,3-8,10-12H2. The van der Waals surface area contributed by atoms with Crippen molar-refractivity contribution in [2.24, 2.45) is 5.41 Å². The lowest BCUT2D eigenvalue weighted by Crippen LogP contribution is -2.35. The maximum atomic E-state index is 12.7. The molecule has 0 saturated carbocycles. The van der Waals surface area contributed by atoms with E-state index >= 15 is 0 Å². The Bertz CT molecular complexity index is 564. The summed E-state index contributed by atoms with van der Waals surface area (Å²) >= 11 is 0. The van der Waals surface area contributed by atoms with Crippen LogP contribution in [0, 0.1) is 5.41 Å². The van der Waals surface area contributed by atoms with Crippen molar-refractivity contribution >= 4 is 5.91 Å². The van der Waals surface area contributed by atoms with E-state index in [1.807, 2.05) is 6.07 Å². The zero-order chi connectivity index (χ0) is 14.3. The molecular weight excluding hydrogens is 264 g/mol. The Balaban J connectivity index is 1.50. The first-order chi connectivity index (χ1) is 10.3. The fraction of sp³-hybridized carbons (Fsp3) is 0.588. The van der Waals surface area contributed by atoms with E-state index in [1.165, 1.54) is 11.1 Å². The van der Waals surface area contributed by atoms with Crippen molar-refractivity contribution in [3.05, 3.63) is 34.9 Å². The molecule has 112 valence electrons. The summed E-state index contributed by atoms with van der Waals surface area (Å²) in [7, 11) is 0. The van der Waals surface area contributed by atoms with Crippen molar-refractivity contribution in [2.45, 2.75) is 32.4 Å². The number of ether oxygens (including phenoxy) is 1. The van der Waals surface area contributed by atoms with Gasteiger partial charge in [-0.25, -0.2) is 0 Å². The van der Waals surface area contributed by atoms with Crippen molar-refractivity contribution in [3.8, 4) is 0 Å². The van der Waals surface area contributed by atoms with Gasteiger partial charge < -0.3 is 15.0 Å². The summed E-state index contributed by atoms with van der Waals surface area (Å²) in [4.78, 5) is 14.8. The maximum Gasteiger partial charge on any atom is 0.253 e. The van der Waals surface area contributed by atoms with Crippen LogP contribution in [-0.2, 0) is 17.8 Å². The van der Waals surface area contributed by atoms with Crippen LogP contribution in [0.1, 0.15) is 40.7 Å². The fourth-order valence-electron chi connectivity index (χ4n) is 3.93. The number of amides is 1. The Morgan fingerprint density at radius 2 is 1.95 bits per heavy atom. The second-order valence-electron chi connectivity index (χ2n) is 6.68. The molecule has 0 aromatic heterocycles. The molecule has 0 aliphatic carbocycles. The van der Waals surface area contributed by atoms with Gasteiger partial charge in [-0.05, 0) is 47.9 Å². The van der Waals surface area contributed by atoms with E-state index in [0.717, 1.165) is 64.2 Å². The van der Waals surface area contributed by atoms with E-state index in [-0.39, 0.29) is 5.91 Å². The predicted molar refractivity (Wildman–Crippen MR) is 80.0 cm³/mol. The number of rotatable bonds is 1. The highest BCUT2D eigenvalue weighted by molar-refractivity contribution is 5.94. The molecule has 3 aliphatic heterocycles. The molecule has 4 nitrogen and oxygen atoms in total. The largest absolute Gasteiger partial charge is 0.381 e. The van der Waals surface area contributed by atoms with Gasteiger partial charge in [-0.1, -0.05) is 6.07 Å². The minimum atomic E-state index is 0.202. The maximum absolute atomic E-state index is 12.7. The highest BCUT2D eigenvalue weighted by Gasteiger charge is 2.41. The number of nitrogens with one attached hydrogen (secondary N) is 1. The SMILES string of the molecule is O=C(c1ccc2c(c1)CNC2)N1CCC2(CCOCC2)C1. The second kappa shape index (κ2) is 5.11. The summed E-state index contributed by atoms with van der Waals surface area (Å²) in [5.74, 6) is 0.202. The molecule has 1 aromatic carbocycles. The molecular formula is C17H22N2O2. The quantitative estimate of drug-likeness (QED) is 0.858. The number of carbonyl (C=O) groups excluding carboxylic acids is 1. The van der Waals surface area contributed by atoms with Gasteiger partial charge in [-0.2, -0.15) is 0 Å². The first-order valence-corrected chi connectivity index (χ1v) is 7.95. The number of likely N-dealkylation sites (tertiary alicyclic amines) is 1. The Morgan fingerprint density at radius 1 is 1.14 bits per heavy atom. The Hall–Kier alpha value is -1.39. The van der Waals surface area contributed by atoms with Gasteiger partial charge in [0.05, 0.1) is 0 Å². The van der Waals surface area contributed by atoms with Crippen molar-refractivity contribution < 1.29 is 9.53 Å². The molecule has 1 N–H and O–H groups in total. The Kier molecular flexibility index (Phi) is 3.23. The van der Waals surface area contributed by atoms with Crippen molar-refractivity contribution in [3.63, 3.8) is 0 Å². The van der Waals surface area contributed by atoms with E-state index in [2.05, 4.69) is 22.3 Å². The topological polar surface area (TPSA) is 41.6 Å². The molecule has 3 heterocycles. The van der Waals surface area contributed by atoms with Gasteiger partial charge in [0.2, 0.25) is 0 Å². The van der Waals surface area contributed by atoms with Gasteiger partial charge in [-0.15, -0.1) is 0 Å². The number of benzene rings is 1. The van der Waals surface area contributed by atoms with Gasteiger partial charge in [0.25, 0.3) is 5.91 Å². The van der Waals surface area contributed by atoms with Crippen molar-refractivity contribution in [2.75, 3.05) is 26.3 Å². The van der Waals surface area contributed by atoms with Crippen LogP contribution in [0.3, 0.4) is 0 Å². The molecule has 1 aromatic rings. The van der Waals surface area contributed by atoms with Gasteiger partial charge in [0.15, 0.2) is 0 Å². The molecule has 0 radical (unpaired) electrons. The third-order valence-corrected chi connectivity index (χ3v) is 5.36. The van der Waals surface area contributed by atoms with Crippen molar-refractivity contribution in [1.29, 1.82) is 0 Å². The summed E-state index contributed by atoms with van der Waals surface area (Å²) in [5.41, 5.74) is 3.78. The van der Waals surface area contributed by atoms with E-state index in [9.17, 15) is 4.79 Å². The van der Waals surface area contributed by atoms with Crippen LogP contribution in [0.15, 0.2) is 18.2 Å². The molecule has 0 bridgehead atoms. The lowest BCUT2D eigenvalue weighted by Gasteiger charge is -2.33. The minimum Gasteiger partial charge on any atom is -0.381 e. The zero-order valence-corrected chi connectivity index (χ0v) is 12.4. The predicted octanol–water partition coefficient (Wildman–Crippen LogP) is 1.93. The van der Waals surface area contributed by atoms with Gasteiger partial charge in [0.1, 0.15) is 0 Å². The molecule has 1 spiro atoms. The van der Waals surface area contributed by atoms with Crippen LogP contribution in [0.2, 0.25) is 0 Å². The first kappa shape index (κ1) is 13.3. The number of carbonyl (C=O) groups is 1. The average Bonchev–Trinajstić information content (AvgIpc) is 3.14. The minimum absolute atomic E-state index is 0.202. The summed E-state index contributed by atoms with van der Waals surface area (Å²) in [5, 5.41) is 3.33.